The minimum atomic E-state index is 0.847. The van der Waals surface area contributed by atoms with Crippen molar-refractivity contribution in [3.8, 4) is 0 Å². The molecule has 0 spiro atoms. The van der Waals surface area contributed by atoms with Crippen LogP contribution in [-0.2, 0) is 4.74 Å². The largest absolute Gasteiger partial charge is 0.385 e. The van der Waals surface area contributed by atoms with Crippen LogP contribution in [0.2, 0.25) is 0 Å². The van der Waals surface area contributed by atoms with E-state index in [1.165, 1.54) is 29.3 Å². The van der Waals surface area contributed by atoms with E-state index >= 15 is 0 Å². The smallest absolute Gasteiger partial charge is 0.0642 e. The van der Waals surface area contributed by atoms with Crippen molar-refractivity contribution >= 4 is 23.1 Å². The molecule has 2 heterocycles. The molecule has 104 valence electrons. The molecule has 2 aliphatic rings. The minimum absolute atomic E-state index is 0.847. The average molecular weight is 278 g/mol. The first-order valence-corrected chi connectivity index (χ1v) is 8.32. The molecule has 4 heteroatoms. The van der Waals surface area contributed by atoms with Gasteiger partial charge in [-0.25, -0.2) is 0 Å². The van der Waals surface area contributed by atoms with Crippen molar-refractivity contribution in [1.82, 2.24) is 0 Å². The molecule has 0 radical (unpaired) electrons. The quantitative estimate of drug-likeness (QED) is 0.915. The third kappa shape index (κ3) is 3.57. The fourth-order valence-corrected chi connectivity index (χ4v) is 3.90. The van der Waals surface area contributed by atoms with Crippen LogP contribution in [0.15, 0.2) is 24.3 Å². The van der Waals surface area contributed by atoms with E-state index in [1.54, 1.807) is 0 Å². The molecular formula is C15H22N2OS. The molecule has 0 aliphatic carbocycles. The fraction of sp³-hybridized carbons (Fsp3) is 0.600. The minimum Gasteiger partial charge on any atom is -0.385 e. The zero-order chi connectivity index (χ0) is 12.9. The van der Waals surface area contributed by atoms with E-state index in [-0.39, 0.29) is 0 Å². The maximum Gasteiger partial charge on any atom is 0.0642 e. The molecule has 2 saturated heterocycles. The Morgan fingerprint density at radius 2 is 2.00 bits per heavy atom. The second kappa shape index (κ2) is 6.53. The molecule has 2 aliphatic heterocycles. The molecule has 1 N–H and O–H groups in total. The van der Waals surface area contributed by atoms with E-state index in [0.29, 0.717) is 0 Å². The predicted molar refractivity (Wildman–Crippen MR) is 83.4 cm³/mol. The van der Waals surface area contributed by atoms with Gasteiger partial charge in [-0.15, -0.1) is 0 Å². The molecule has 0 saturated carbocycles. The fourth-order valence-electron chi connectivity index (χ4n) is 2.62. The van der Waals surface area contributed by atoms with Crippen LogP contribution in [0.5, 0.6) is 0 Å². The molecule has 1 unspecified atom stereocenters. The molecule has 0 bridgehead atoms. The Hall–Kier alpha value is -0.870. The van der Waals surface area contributed by atoms with Crippen molar-refractivity contribution in [3.63, 3.8) is 0 Å². The van der Waals surface area contributed by atoms with Gasteiger partial charge in [-0.05, 0) is 48.1 Å². The highest BCUT2D eigenvalue weighted by Gasteiger charge is 2.15. The van der Waals surface area contributed by atoms with Crippen LogP contribution in [0.3, 0.4) is 0 Å². The summed E-state index contributed by atoms with van der Waals surface area (Å²) in [4.78, 5) is 2.39. The van der Waals surface area contributed by atoms with Crippen LogP contribution in [0.4, 0.5) is 11.4 Å². The first kappa shape index (κ1) is 13.1. The number of rotatable bonds is 4. The molecule has 1 atom stereocenters. The highest BCUT2D eigenvalue weighted by Crippen LogP contribution is 2.24. The van der Waals surface area contributed by atoms with Crippen molar-refractivity contribution in [2.24, 2.45) is 5.92 Å². The van der Waals surface area contributed by atoms with Gasteiger partial charge in [-0.2, -0.15) is 11.8 Å². The maximum atomic E-state index is 5.38. The van der Waals surface area contributed by atoms with Gasteiger partial charge in [0.15, 0.2) is 0 Å². The van der Waals surface area contributed by atoms with Crippen LogP contribution in [0.1, 0.15) is 6.42 Å². The molecular weight excluding hydrogens is 256 g/mol. The third-order valence-corrected chi connectivity index (χ3v) is 5.09. The van der Waals surface area contributed by atoms with Gasteiger partial charge in [0.05, 0.1) is 13.2 Å². The van der Waals surface area contributed by atoms with Gasteiger partial charge in [0, 0.05) is 31.0 Å². The van der Waals surface area contributed by atoms with Gasteiger partial charge in [0.2, 0.25) is 0 Å². The Morgan fingerprint density at radius 3 is 2.68 bits per heavy atom. The van der Waals surface area contributed by atoms with Gasteiger partial charge >= 0.3 is 0 Å². The molecule has 0 amide bonds. The highest BCUT2D eigenvalue weighted by atomic mass is 32.2. The number of ether oxygens (including phenoxy) is 1. The average Bonchev–Trinajstić information content (AvgIpc) is 3.00. The molecule has 3 rings (SSSR count). The van der Waals surface area contributed by atoms with Crippen molar-refractivity contribution in [2.75, 3.05) is 54.6 Å². The Balaban J connectivity index is 1.52. The molecule has 19 heavy (non-hydrogen) atoms. The number of morpholine rings is 1. The van der Waals surface area contributed by atoms with Crippen molar-refractivity contribution in [1.29, 1.82) is 0 Å². The lowest BCUT2D eigenvalue weighted by Crippen LogP contribution is -2.36. The van der Waals surface area contributed by atoms with E-state index < -0.39 is 0 Å². The summed E-state index contributed by atoms with van der Waals surface area (Å²) in [5, 5.41) is 3.56. The summed E-state index contributed by atoms with van der Waals surface area (Å²) in [5.41, 5.74) is 2.55. The number of anilines is 2. The topological polar surface area (TPSA) is 24.5 Å². The zero-order valence-corrected chi connectivity index (χ0v) is 12.1. The number of nitrogens with zero attached hydrogens (tertiary/aromatic N) is 1. The van der Waals surface area contributed by atoms with Crippen molar-refractivity contribution in [2.45, 2.75) is 6.42 Å². The standard InChI is InChI=1S/C15H22N2OS/c1-3-15(17-6-8-18-9-7-17)4-2-14(1)16-11-13-5-10-19-12-13/h1-4,13,16H,5-12H2. The molecule has 3 nitrogen and oxygen atoms in total. The van der Waals surface area contributed by atoms with Gasteiger partial charge in [-0.1, -0.05) is 0 Å². The predicted octanol–water partition coefficient (Wildman–Crippen LogP) is 2.69. The monoisotopic (exact) mass is 278 g/mol. The number of hydrogen-bond acceptors (Lipinski definition) is 4. The normalized spacial score (nSPS) is 23.6. The van der Waals surface area contributed by atoms with E-state index in [4.69, 9.17) is 4.74 Å². The summed E-state index contributed by atoms with van der Waals surface area (Å²) in [6, 6.07) is 8.84. The lowest BCUT2D eigenvalue weighted by molar-refractivity contribution is 0.122. The molecule has 1 aromatic carbocycles. The molecule has 2 fully saturated rings. The lowest BCUT2D eigenvalue weighted by Gasteiger charge is -2.29. The van der Waals surface area contributed by atoms with E-state index in [9.17, 15) is 0 Å². The Labute approximate surface area is 119 Å². The first-order valence-electron chi connectivity index (χ1n) is 7.16. The van der Waals surface area contributed by atoms with E-state index in [1.807, 2.05) is 0 Å². The van der Waals surface area contributed by atoms with Gasteiger partial charge in [0.1, 0.15) is 0 Å². The maximum absolute atomic E-state index is 5.38. The highest BCUT2D eigenvalue weighted by molar-refractivity contribution is 7.99. The van der Waals surface area contributed by atoms with Gasteiger partial charge < -0.3 is 15.0 Å². The van der Waals surface area contributed by atoms with Gasteiger partial charge in [-0.3, -0.25) is 0 Å². The van der Waals surface area contributed by atoms with Crippen LogP contribution in [0.25, 0.3) is 0 Å². The second-order valence-corrected chi connectivity index (χ2v) is 6.41. The lowest BCUT2D eigenvalue weighted by atomic mass is 10.1. The summed E-state index contributed by atoms with van der Waals surface area (Å²) >= 11 is 2.08. The first-order chi connectivity index (χ1) is 9.42. The number of nitrogens with one attached hydrogen (secondary N) is 1. The SMILES string of the molecule is c1cc(N2CCOCC2)ccc1NCC1CCSC1. The van der Waals surface area contributed by atoms with Crippen LogP contribution in [-0.4, -0.2) is 44.4 Å². The van der Waals surface area contributed by atoms with Crippen molar-refractivity contribution < 1.29 is 4.74 Å². The number of thioether (sulfide) groups is 1. The van der Waals surface area contributed by atoms with E-state index in [0.717, 1.165) is 38.8 Å². The second-order valence-electron chi connectivity index (χ2n) is 5.26. The van der Waals surface area contributed by atoms with Crippen LogP contribution in [0, 0.1) is 5.92 Å². The summed E-state index contributed by atoms with van der Waals surface area (Å²) in [5.74, 6) is 3.50. The summed E-state index contributed by atoms with van der Waals surface area (Å²) < 4.78 is 5.38. The van der Waals surface area contributed by atoms with Crippen molar-refractivity contribution in [3.05, 3.63) is 24.3 Å². The molecule has 0 aromatic heterocycles. The van der Waals surface area contributed by atoms with Crippen LogP contribution < -0.4 is 10.2 Å². The molecule has 1 aromatic rings. The summed E-state index contributed by atoms with van der Waals surface area (Å²) in [6.45, 7) is 4.82. The number of benzene rings is 1. The van der Waals surface area contributed by atoms with Gasteiger partial charge in [0.25, 0.3) is 0 Å². The Kier molecular flexibility index (Phi) is 4.51. The summed E-state index contributed by atoms with van der Waals surface area (Å²) in [6.07, 6.45) is 1.36. The Morgan fingerprint density at radius 1 is 1.21 bits per heavy atom. The van der Waals surface area contributed by atoms with E-state index in [2.05, 4.69) is 46.2 Å². The summed E-state index contributed by atoms with van der Waals surface area (Å²) in [7, 11) is 0. The zero-order valence-electron chi connectivity index (χ0n) is 11.3. The Bertz CT molecular complexity index is 384. The van der Waals surface area contributed by atoms with Crippen LogP contribution >= 0.6 is 11.8 Å². The number of hydrogen-bond donors (Lipinski definition) is 1. The third-order valence-electron chi connectivity index (χ3n) is 3.86.